The van der Waals surface area contributed by atoms with Crippen molar-refractivity contribution in [2.24, 2.45) is 0 Å². The Morgan fingerprint density at radius 1 is 1.00 bits per heavy atom. The van der Waals surface area contributed by atoms with Gasteiger partial charge in [0.1, 0.15) is 11.7 Å². The molecule has 0 radical (unpaired) electrons. The highest BCUT2D eigenvalue weighted by Gasteiger charge is 2.41. The van der Waals surface area contributed by atoms with Gasteiger partial charge >= 0.3 is 12.4 Å². The zero-order chi connectivity index (χ0) is 25.4. The van der Waals surface area contributed by atoms with Gasteiger partial charge in [-0.3, -0.25) is 4.79 Å². The second kappa shape index (κ2) is 9.40. The summed E-state index contributed by atoms with van der Waals surface area (Å²) in [7, 11) is 0. The van der Waals surface area contributed by atoms with Crippen LogP contribution in [0.5, 0.6) is 0 Å². The van der Waals surface area contributed by atoms with E-state index in [0.29, 0.717) is 12.1 Å². The van der Waals surface area contributed by atoms with E-state index in [0.717, 1.165) is 32.0 Å². The van der Waals surface area contributed by atoms with Gasteiger partial charge in [-0.2, -0.15) is 26.3 Å². The van der Waals surface area contributed by atoms with Crippen LogP contribution in [0.25, 0.3) is 5.83 Å². The highest BCUT2D eigenvalue weighted by Crippen LogP contribution is 2.42. The number of ketones is 1. The molecule has 0 aliphatic rings. The SMILES string of the molecule is CCC(F)(F)c1cc(Cl)cc(C(/C=C(\F)c2ccc(C(C)=O)c(C(F)(F)F)c2)C(F)(F)F)c1. The fourth-order valence-corrected chi connectivity index (χ4v) is 3.31. The van der Waals surface area contributed by atoms with Gasteiger partial charge in [0.25, 0.3) is 5.92 Å². The summed E-state index contributed by atoms with van der Waals surface area (Å²) in [6, 6.07) is 3.61. The minimum Gasteiger partial charge on any atom is -0.294 e. The molecule has 2 rings (SSSR count). The van der Waals surface area contributed by atoms with E-state index in [1.165, 1.54) is 0 Å². The van der Waals surface area contributed by atoms with E-state index >= 15 is 0 Å². The monoisotopic (exact) mass is 502 g/mol. The summed E-state index contributed by atoms with van der Waals surface area (Å²) < 4.78 is 124. The Bertz CT molecular complexity index is 1070. The molecule has 180 valence electrons. The first-order valence-corrected chi connectivity index (χ1v) is 9.70. The Kier molecular flexibility index (Phi) is 7.62. The van der Waals surface area contributed by atoms with Crippen LogP contribution in [0.1, 0.15) is 58.8 Å². The number of benzene rings is 2. The number of hydrogen-bond acceptors (Lipinski definition) is 1. The number of Topliss-reactive ketones (excluding diaryl/α,β-unsaturated/α-hetero) is 1. The molecule has 0 N–H and O–H groups in total. The van der Waals surface area contributed by atoms with Gasteiger partial charge in [0.2, 0.25) is 0 Å². The van der Waals surface area contributed by atoms with Crippen LogP contribution in [0.2, 0.25) is 5.02 Å². The van der Waals surface area contributed by atoms with Crippen molar-refractivity contribution in [1.29, 1.82) is 0 Å². The predicted octanol–water partition coefficient (Wildman–Crippen LogP) is 8.72. The molecular weight excluding hydrogens is 487 g/mol. The number of halogens is 10. The second-order valence-corrected chi connectivity index (χ2v) is 7.62. The van der Waals surface area contributed by atoms with Gasteiger partial charge in [-0.05, 0) is 42.8 Å². The largest absolute Gasteiger partial charge is 0.417 e. The number of alkyl halides is 8. The number of hydrogen-bond donors (Lipinski definition) is 0. The molecule has 0 saturated heterocycles. The average Bonchev–Trinajstić information content (AvgIpc) is 2.69. The molecule has 11 heteroatoms. The zero-order valence-electron chi connectivity index (χ0n) is 17.0. The summed E-state index contributed by atoms with van der Waals surface area (Å²) >= 11 is 5.71. The summed E-state index contributed by atoms with van der Waals surface area (Å²) in [5, 5.41) is -0.455. The van der Waals surface area contributed by atoms with Crippen LogP contribution in [-0.4, -0.2) is 12.0 Å². The summed E-state index contributed by atoms with van der Waals surface area (Å²) in [6.07, 6.45) is -11.0. The molecule has 0 aliphatic heterocycles. The van der Waals surface area contributed by atoms with Crippen LogP contribution in [0.4, 0.5) is 39.5 Å². The molecule has 0 aliphatic carbocycles. The maximum atomic E-state index is 14.7. The van der Waals surface area contributed by atoms with E-state index < -0.39 is 75.1 Å². The topological polar surface area (TPSA) is 17.1 Å². The molecule has 0 heterocycles. The summed E-state index contributed by atoms with van der Waals surface area (Å²) in [6.45, 7) is 1.95. The molecular formula is C22H16ClF9O. The molecule has 0 amide bonds. The van der Waals surface area contributed by atoms with Gasteiger partial charge in [-0.1, -0.05) is 30.7 Å². The molecule has 0 spiro atoms. The van der Waals surface area contributed by atoms with E-state index in [4.69, 9.17) is 11.6 Å². The summed E-state index contributed by atoms with van der Waals surface area (Å²) in [5.74, 6) is -8.97. The summed E-state index contributed by atoms with van der Waals surface area (Å²) in [4.78, 5) is 11.4. The van der Waals surface area contributed by atoms with Crippen LogP contribution < -0.4 is 0 Å². The van der Waals surface area contributed by atoms with Gasteiger partial charge in [-0.15, -0.1) is 0 Å². The number of carbonyl (C=O) groups is 1. The van der Waals surface area contributed by atoms with Crippen LogP contribution >= 0.6 is 11.6 Å². The maximum Gasteiger partial charge on any atom is 0.417 e. The highest BCUT2D eigenvalue weighted by molar-refractivity contribution is 6.30. The van der Waals surface area contributed by atoms with Gasteiger partial charge in [-0.25, -0.2) is 13.2 Å². The van der Waals surface area contributed by atoms with Gasteiger partial charge in [0, 0.05) is 28.1 Å². The van der Waals surface area contributed by atoms with Gasteiger partial charge < -0.3 is 0 Å². The van der Waals surface area contributed by atoms with Crippen LogP contribution in [0, 0.1) is 0 Å². The molecule has 2 aromatic carbocycles. The number of allylic oxidation sites excluding steroid dienone is 1. The Labute approximate surface area is 187 Å². The van der Waals surface area contributed by atoms with E-state index in [2.05, 4.69) is 0 Å². The van der Waals surface area contributed by atoms with Gasteiger partial charge in [0.05, 0.1) is 5.56 Å². The van der Waals surface area contributed by atoms with E-state index in [1.807, 2.05) is 0 Å². The van der Waals surface area contributed by atoms with Crippen molar-refractivity contribution in [1.82, 2.24) is 0 Å². The number of carbonyl (C=O) groups excluding carboxylic acids is 1. The van der Waals surface area contributed by atoms with Crippen molar-refractivity contribution in [2.45, 2.75) is 44.5 Å². The standard InChI is InChI=1S/C22H16ClF9O/c1-3-20(25,26)14-6-13(7-15(23)9-14)17(21(27,28)29)10-19(24)12-4-5-16(11(2)33)18(8-12)22(30,31)32/h4-10,17H,3H2,1-2H3/b19-10-. The van der Waals surface area contributed by atoms with Crippen LogP contribution in [0.3, 0.4) is 0 Å². The maximum absolute atomic E-state index is 14.7. The Balaban J connectivity index is 2.65. The highest BCUT2D eigenvalue weighted by atomic mass is 35.5. The van der Waals surface area contributed by atoms with E-state index in [-0.39, 0.29) is 12.1 Å². The second-order valence-electron chi connectivity index (χ2n) is 7.18. The Hall–Kier alpha value is -2.49. The zero-order valence-corrected chi connectivity index (χ0v) is 17.8. The lowest BCUT2D eigenvalue weighted by Gasteiger charge is -2.21. The first-order chi connectivity index (χ1) is 15.0. The third-order valence-electron chi connectivity index (χ3n) is 4.79. The molecule has 1 nitrogen and oxygen atoms in total. The van der Waals surface area contributed by atoms with E-state index in [1.54, 1.807) is 0 Å². The quantitative estimate of drug-likeness (QED) is 0.285. The first-order valence-electron chi connectivity index (χ1n) is 9.32. The molecule has 0 fully saturated rings. The average molecular weight is 503 g/mol. The fourth-order valence-electron chi connectivity index (χ4n) is 3.06. The van der Waals surface area contributed by atoms with Gasteiger partial charge in [0.15, 0.2) is 5.78 Å². The smallest absolute Gasteiger partial charge is 0.294 e. The molecule has 0 aromatic heterocycles. The Morgan fingerprint density at radius 3 is 2.09 bits per heavy atom. The molecule has 1 unspecified atom stereocenters. The van der Waals surface area contributed by atoms with Crippen LogP contribution in [-0.2, 0) is 12.1 Å². The van der Waals surface area contributed by atoms with Crippen molar-refractivity contribution in [3.63, 3.8) is 0 Å². The lowest BCUT2D eigenvalue weighted by molar-refractivity contribution is -0.140. The molecule has 33 heavy (non-hydrogen) atoms. The Morgan fingerprint density at radius 2 is 1.61 bits per heavy atom. The first kappa shape index (κ1) is 26.8. The molecule has 1 atom stereocenters. The van der Waals surface area contributed by atoms with Crippen molar-refractivity contribution >= 4 is 23.2 Å². The van der Waals surface area contributed by atoms with Crippen molar-refractivity contribution in [3.8, 4) is 0 Å². The lowest BCUT2D eigenvalue weighted by atomic mass is 9.92. The molecule has 0 bridgehead atoms. The third-order valence-corrected chi connectivity index (χ3v) is 5.01. The molecule has 2 aromatic rings. The van der Waals surface area contributed by atoms with Crippen molar-refractivity contribution in [3.05, 3.63) is 75.3 Å². The minimum absolute atomic E-state index is 0.0253. The summed E-state index contributed by atoms with van der Waals surface area (Å²) in [5.41, 5.74) is -4.81. The predicted molar refractivity (Wildman–Crippen MR) is 105 cm³/mol. The lowest BCUT2D eigenvalue weighted by Crippen LogP contribution is -2.20. The molecule has 0 saturated carbocycles. The van der Waals surface area contributed by atoms with Crippen molar-refractivity contribution < 1.29 is 44.3 Å². The van der Waals surface area contributed by atoms with Crippen LogP contribution in [0.15, 0.2) is 42.5 Å². The van der Waals surface area contributed by atoms with Crippen molar-refractivity contribution in [2.75, 3.05) is 0 Å². The third kappa shape index (κ3) is 6.31. The van der Waals surface area contributed by atoms with E-state index in [9.17, 15) is 44.3 Å². The normalized spacial score (nSPS) is 14.4. The minimum atomic E-state index is -5.19. The number of rotatable bonds is 6. The fraction of sp³-hybridized carbons (Fsp3) is 0.318.